The summed E-state index contributed by atoms with van der Waals surface area (Å²) >= 11 is 0. The Kier molecular flexibility index (Phi) is 6.85. The zero-order valence-electron chi connectivity index (χ0n) is 15.7. The molecule has 1 aromatic carbocycles. The number of nitrogens with zero attached hydrogens (tertiary/aromatic N) is 1. The lowest BCUT2D eigenvalue weighted by molar-refractivity contribution is -0.139. The van der Waals surface area contributed by atoms with Crippen LogP contribution in [-0.2, 0) is 9.59 Å². The van der Waals surface area contributed by atoms with Crippen LogP contribution in [0, 0.1) is 11.8 Å². The van der Waals surface area contributed by atoms with Crippen LogP contribution in [0.15, 0.2) is 24.3 Å². The van der Waals surface area contributed by atoms with E-state index in [4.69, 9.17) is 4.74 Å². The topological polar surface area (TPSA) is 58.6 Å². The molecular formula is C20H30N2O3. The molecule has 0 unspecified atom stereocenters. The van der Waals surface area contributed by atoms with Gasteiger partial charge in [-0.05, 0) is 43.4 Å². The zero-order valence-corrected chi connectivity index (χ0v) is 15.7. The summed E-state index contributed by atoms with van der Waals surface area (Å²) in [6.45, 7) is 7.67. The fourth-order valence-corrected chi connectivity index (χ4v) is 2.85. The van der Waals surface area contributed by atoms with Crippen molar-refractivity contribution in [2.45, 2.75) is 46.1 Å². The van der Waals surface area contributed by atoms with Crippen LogP contribution in [0.4, 0.5) is 0 Å². The molecule has 0 aromatic heterocycles. The molecule has 2 amide bonds. The van der Waals surface area contributed by atoms with Gasteiger partial charge in [-0.1, -0.05) is 26.0 Å². The van der Waals surface area contributed by atoms with Gasteiger partial charge in [0.25, 0.3) is 0 Å². The van der Waals surface area contributed by atoms with Crippen LogP contribution in [0.1, 0.15) is 51.6 Å². The molecule has 1 heterocycles. The summed E-state index contributed by atoms with van der Waals surface area (Å²) in [4.78, 5) is 25.8. The highest BCUT2D eigenvalue weighted by Gasteiger charge is 2.29. The quantitative estimate of drug-likeness (QED) is 0.825. The number of rotatable bonds is 7. The third-order valence-electron chi connectivity index (χ3n) is 4.73. The molecule has 5 heteroatoms. The minimum Gasteiger partial charge on any atom is -0.494 e. The number of benzene rings is 1. The van der Waals surface area contributed by atoms with E-state index in [-0.39, 0.29) is 23.8 Å². The van der Waals surface area contributed by atoms with Crippen LogP contribution >= 0.6 is 0 Å². The molecule has 1 aliphatic heterocycles. The zero-order chi connectivity index (χ0) is 18.4. The third kappa shape index (κ3) is 5.76. The van der Waals surface area contributed by atoms with Gasteiger partial charge >= 0.3 is 0 Å². The predicted molar refractivity (Wildman–Crippen MR) is 98.3 cm³/mol. The summed E-state index contributed by atoms with van der Waals surface area (Å²) in [5.41, 5.74) is 1.03. The fourth-order valence-electron chi connectivity index (χ4n) is 2.85. The first-order chi connectivity index (χ1) is 11.9. The number of hydrogen-bond acceptors (Lipinski definition) is 3. The van der Waals surface area contributed by atoms with Crippen LogP contribution in [0.25, 0.3) is 0 Å². The van der Waals surface area contributed by atoms with Gasteiger partial charge in [-0.3, -0.25) is 9.59 Å². The number of nitrogens with one attached hydrogen (secondary N) is 1. The molecule has 1 aliphatic rings. The second-order valence-electron chi connectivity index (χ2n) is 7.34. The Balaban J connectivity index is 1.84. The van der Waals surface area contributed by atoms with Crippen LogP contribution in [0.3, 0.4) is 0 Å². The van der Waals surface area contributed by atoms with Crippen molar-refractivity contribution in [1.29, 1.82) is 0 Å². The first-order valence-electron chi connectivity index (χ1n) is 9.14. The van der Waals surface area contributed by atoms with E-state index >= 15 is 0 Å². The second-order valence-corrected chi connectivity index (χ2v) is 7.34. The third-order valence-corrected chi connectivity index (χ3v) is 4.73. The maximum Gasteiger partial charge on any atom is 0.224 e. The molecule has 138 valence electrons. The molecule has 1 aromatic rings. The number of carbonyl (C=O) groups is 2. The summed E-state index contributed by atoms with van der Waals surface area (Å²) < 4.78 is 5.72. The fraction of sp³-hybridized carbons (Fsp3) is 0.600. The van der Waals surface area contributed by atoms with Gasteiger partial charge < -0.3 is 15.0 Å². The minimum absolute atomic E-state index is 0.0359. The number of likely N-dealkylation sites (tertiary alicyclic amines) is 1. The van der Waals surface area contributed by atoms with Crippen LogP contribution < -0.4 is 10.1 Å². The van der Waals surface area contributed by atoms with E-state index in [2.05, 4.69) is 19.2 Å². The monoisotopic (exact) mass is 346 g/mol. The van der Waals surface area contributed by atoms with Gasteiger partial charge in [0.15, 0.2) is 0 Å². The number of piperidine rings is 1. The van der Waals surface area contributed by atoms with E-state index in [1.165, 1.54) is 0 Å². The summed E-state index contributed by atoms with van der Waals surface area (Å²) in [6.07, 6.45) is 2.06. The minimum atomic E-state index is -0.218. The largest absolute Gasteiger partial charge is 0.494 e. The molecule has 0 aliphatic carbocycles. The molecule has 2 rings (SSSR count). The van der Waals surface area contributed by atoms with Crippen molar-refractivity contribution >= 4 is 11.8 Å². The Bertz CT molecular complexity index is 583. The Hall–Kier alpha value is -2.04. The van der Waals surface area contributed by atoms with E-state index in [1.807, 2.05) is 31.2 Å². The molecule has 1 N–H and O–H groups in total. The highest BCUT2D eigenvalue weighted by atomic mass is 16.5. The molecule has 0 bridgehead atoms. The molecule has 0 radical (unpaired) electrons. The molecule has 1 fully saturated rings. The van der Waals surface area contributed by atoms with Crippen molar-refractivity contribution in [3.63, 3.8) is 0 Å². The Morgan fingerprint density at radius 2 is 1.96 bits per heavy atom. The van der Waals surface area contributed by atoms with Gasteiger partial charge in [0.2, 0.25) is 11.8 Å². The number of hydrogen-bond donors (Lipinski definition) is 1. The molecule has 0 spiro atoms. The first kappa shape index (κ1) is 19.3. The molecule has 0 saturated carbocycles. The van der Waals surface area contributed by atoms with Crippen LogP contribution in [0.2, 0.25) is 0 Å². The lowest BCUT2D eigenvalue weighted by Gasteiger charge is -2.29. The number of ether oxygens (including phenoxy) is 1. The van der Waals surface area contributed by atoms with E-state index in [9.17, 15) is 9.59 Å². The van der Waals surface area contributed by atoms with E-state index in [1.54, 1.807) is 11.9 Å². The molecule has 1 saturated heterocycles. The molecule has 25 heavy (non-hydrogen) atoms. The van der Waals surface area contributed by atoms with Gasteiger partial charge in [0.05, 0.1) is 12.6 Å². The summed E-state index contributed by atoms with van der Waals surface area (Å²) in [6, 6.07) is 7.76. The van der Waals surface area contributed by atoms with Crippen molar-refractivity contribution in [2.24, 2.45) is 11.8 Å². The summed E-state index contributed by atoms with van der Waals surface area (Å²) in [7, 11) is 1.78. The van der Waals surface area contributed by atoms with Gasteiger partial charge in [-0.15, -0.1) is 0 Å². The second kappa shape index (κ2) is 8.88. The van der Waals surface area contributed by atoms with Gasteiger partial charge in [-0.25, -0.2) is 0 Å². The highest BCUT2D eigenvalue weighted by molar-refractivity contribution is 5.87. The average Bonchev–Trinajstić information content (AvgIpc) is 2.57. The SMILES string of the molecule is CC(C)CCOc1ccc([C@@H](C)NC(=O)[C@H]2CCN(C)C(=O)C2)cc1. The van der Waals surface area contributed by atoms with Crippen LogP contribution in [-0.4, -0.2) is 36.9 Å². The van der Waals surface area contributed by atoms with E-state index < -0.39 is 0 Å². The van der Waals surface area contributed by atoms with Crippen molar-refractivity contribution in [3.05, 3.63) is 29.8 Å². The first-order valence-corrected chi connectivity index (χ1v) is 9.14. The summed E-state index contributed by atoms with van der Waals surface area (Å²) in [5, 5.41) is 3.03. The van der Waals surface area contributed by atoms with Crippen molar-refractivity contribution in [1.82, 2.24) is 10.2 Å². The number of carbonyl (C=O) groups excluding carboxylic acids is 2. The highest BCUT2D eigenvalue weighted by Crippen LogP contribution is 2.21. The van der Waals surface area contributed by atoms with Crippen molar-refractivity contribution in [2.75, 3.05) is 20.2 Å². The van der Waals surface area contributed by atoms with Gasteiger partial charge in [0, 0.05) is 25.9 Å². The van der Waals surface area contributed by atoms with Crippen molar-refractivity contribution < 1.29 is 14.3 Å². The van der Waals surface area contributed by atoms with Crippen LogP contribution in [0.5, 0.6) is 5.75 Å². The Labute approximate surface area is 150 Å². The average molecular weight is 346 g/mol. The molecular weight excluding hydrogens is 316 g/mol. The smallest absolute Gasteiger partial charge is 0.224 e. The lowest BCUT2D eigenvalue weighted by Crippen LogP contribution is -2.42. The van der Waals surface area contributed by atoms with E-state index in [0.717, 1.165) is 24.2 Å². The van der Waals surface area contributed by atoms with E-state index in [0.29, 0.717) is 25.5 Å². The lowest BCUT2D eigenvalue weighted by atomic mass is 9.95. The van der Waals surface area contributed by atoms with Crippen molar-refractivity contribution in [3.8, 4) is 5.75 Å². The summed E-state index contributed by atoms with van der Waals surface area (Å²) in [5.74, 6) is 1.27. The molecule has 2 atom stereocenters. The van der Waals surface area contributed by atoms with Gasteiger partial charge in [0.1, 0.15) is 5.75 Å². The normalized spacial score (nSPS) is 19.0. The van der Waals surface area contributed by atoms with Gasteiger partial charge in [-0.2, -0.15) is 0 Å². The Morgan fingerprint density at radius 3 is 2.56 bits per heavy atom. The maximum atomic E-state index is 12.4. The number of amides is 2. The maximum absolute atomic E-state index is 12.4. The standard InChI is InChI=1S/C20H30N2O3/c1-14(2)10-12-25-18-7-5-16(6-8-18)15(3)21-20(24)17-9-11-22(4)19(23)13-17/h5-8,14-15,17H,9-13H2,1-4H3,(H,21,24)/t15-,17+/m1/s1. The predicted octanol–water partition coefficient (Wildman–Crippen LogP) is 3.16. The molecule has 5 nitrogen and oxygen atoms in total. The Morgan fingerprint density at radius 1 is 1.28 bits per heavy atom.